The Kier molecular flexibility index (Phi) is 4.58. The van der Waals surface area contributed by atoms with Crippen LogP contribution in [-0.2, 0) is 11.8 Å². The molecule has 2 rings (SSSR count). The molecule has 2 unspecified atom stereocenters. The molecule has 2 N–H and O–H groups in total. The third kappa shape index (κ3) is 3.56. The van der Waals surface area contributed by atoms with Crippen molar-refractivity contribution >= 4 is 11.6 Å². The topological polar surface area (TPSA) is 59.0 Å². The van der Waals surface area contributed by atoms with Crippen molar-refractivity contribution in [2.45, 2.75) is 33.1 Å². The zero-order valence-corrected chi connectivity index (χ0v) is 12.1. The molecule has 106 valence electrons. The Morgan fingerprint density at radius 2 is 2.47 bits per heavy atom. The molecule has 1 fully saturated rings. The molecule has 1 aliphatic rings. The van der Waals surface area contributed by atoms with E-state index in [2.05, 4.69) is 22.7 Å². The lowest BCUT2D eigenvalue weighted by Crippen LogP contribution is -2.34. The van der Waals surface area contributed by atoms with Gasteiger partial charge in [-0.1, -0.05) is 6.92 Å². The molecule has 2 atom stereocenters. The molecule has 5 nitrogen and oxygen atoms in total. The summed E-state index contributed by atoms with van der Waals surface area (Å²) in [7, 11) is 1.88. The maximum absolute atomic E-state index is 12.1. The van der Waals surface area contributed by atoms with Gasteiger partial charge in [-0.15, -0.1) is 0 Å². The van der Waals surface area contributed by atoms with Crippen LogP contribution in [0.4, 0.5) is 5.69 Å². The molecule has 1 aliphatic heterocycles. The molecule has 0 spiro atoms. The number of aryl methyl sites for hydroxylation is 1. The van der Waals surface area contributed by atoms with Crippen molar-refractivity contribution < 1.29 is 4.79 Å². The molecule has 0 saturated carbocycles. The minimum absolute atomic E-state index is 0.0918. The SMILES string of the molecule is Cc1c(NC(=O)CC(C)C2CCCNC2)cnn1C. The van der Waals surface area contributed by atoms with Crippen LogP contribution in [0.2, 0.25) is 0 Å². The lowest BCUT2D eigenvalue weighted by atomic mass is 9.85. The van der Waals surface area contributed by atoms with Crippen LogP contribution in [-0.4, -0.2) is 28.8 Å². The monoisotopic (exact) mass is 264 g/mol. The summed E-state index contributed by atoms with van der Waals surface area (Å²) in [6.07, 6.45) is 4.74. The molecule has 5 heteroatoms. The van der Waals surface area contributed by atoms with Crippen molar-refractivity contribution in [3.63, 3.8) is 0 Å². The van der Waals surface area contributed by atoms with Gasteiger partial charge in [-0.2, -0.15) is 5.10 Å². The molecule has 0 aliphatic carbocycles. The number of carbonyl (C=O) groups excluding carboxylic acids is 1. The zero-order valence-electron chi connectivity index (χ0n) is 12.1. The second-order valence-corrected chi connectivity index (χ2v) is 5.60. The van der Waals surface area contributed by atoms with Gasteiger partial charge in [0.2, 0.25) is 5.91 Å². The fourth-order valence-electron chi connectivity index (χ4n) is 2.65. The van der Waals surface area contributed by atoms with Crippen molar-refractivity contribution in [3.8, 4) is 0 Å². The van der Waals surface area contributed by atoms with E-state index >= 15 is 0 Å². The zero-order chi connectivity index (χ0) is 13.8. The first kappa shape index (κ1) is 14.1. The van der Waals surface area contributed by atoms with Crippen LogP contribution in [0.25, 0.3) is 0 Å². The average molecular weight is 264 g/mol. The van der Waals surface area contributed by atoms with E-state index in [-0.39, 0.29) is 5.91 Å². The Balaban J connectivity index is 1.85. The van der Waals surface area contributed by atoms with Crippen LogP contribution >= 0.6 is 0 Å². The van der Waals surface area contributed by atoms with Crippen LogP contribution < -0.4 is 10.6 Å². The fraction of sp³-hybridized carbons (Fsp3) is 0.714. The van der Waals surface area contributed by atoms with Gasteiger partial charge in [0, 0.05) is 13.5 Å². The minimum atomic E-state index is 0.0918. The molecule has 1 aromatic rings. The van der Waals surface area contributed by atoms with Crippen molar-refractivity contribution in [1.29, 1.82) is 0 Å². The highest BCUT2D eigenvalue weighted by molar-refractivity contribution is 5.91. The first-order chi connectivity index (χ1) is 9.08. The molecule has 1 aromatic heterocycles. The highest BCUT2D eigenvalue weighted by atomic mass is 16.1. The van der Waals surface area contributed by atoms with Gasteiger partial charge in [-0.05, 0) is 44.7 Å². The first-order valence-corrected chi connectivity index (χ1v) is 7.07. The number of aromatic nitrogens is 2. The molecular formula is C14H24N4O. The van der Waals surface area contributed by atoms with Crippen molar-refractivity contribution in [3.05, 3.63) is 11.9 Å². The Labute approximate surface area is 114 Å². The molecule has 1 saturated heterocycles. The predicted molar refractivity (Wildman–Crippen MR) is 75.9 cm³/mol. The van der Waals surface area contributed by atoms with E-state index in [0.29, 0.717) is 18.3 Å². The second-order valence-electron chi connectivity index (χ2n) is 5.60. The number of nitrogens with one attached hydrogen (secondary N) is 2. The fourth-order valence-corrected chi connectivity index (χ4v) is 2.65. The smallest absolute Gasteiger partial charge is 0.224 e. The maximum atomic E-state index is 12.1. The van der Waals surface area contributed by atoms with Crippen molar-refractivity contribution in [2.75, 3.05) is 18.4 Å². The van der Waals surface area contributed by atoms with Gasteiger partial charge in [-0.3, -0.25) is 9.48 Å². The summed E-state index contributed by atoms with van der Waals surface area (Å²) in [6.45, 7) is 6.29. The van der Waals surface area contributed by atoms with Gasteiger partial charge < -0.3 is 10.6 Å². The molecule has 0 bridgehead atoms. The Hall–Kier alpha value is -1.36. The van der Waals surface area contributed by atoms with Crippen molar-refractivity contribution in [1.82, 2.24) is 15.1 Å². The van der Waals surface area contributed by atoms with E-state index in [1.54, 1.807) is 10.9 Å². The maximum Gasteiger partial charge on any atom is 0.224 e. The predicted octanol–water partition coefficient (Wildman–Crippen LogP) is 1.69. The minimum Gasteiger partial charge on any atom is -0.323 e. The molecule has 2 heterocycles. The molecular weight excluding hydrogens is 240 g/mol. The number of piperidine rings is 1. The van der Waals surface area contributed by atoms with Crippen LogP contribution in [0.3, 0.4) is 0 Å². The summed E-state index contributed by atoms with van der Waals surface area (Å²) in [6, 6.07) is 0. The van der Waals surface area contributed by atoms with E-state index < -0.39 is 0 Å². The summed E-state index contributed by atoms with van der Waals surface area (Å²) in [5.74, 6) is 1.13. The standard InChI is InChI=1S/C14H24N4O/c1-10(12-5-4-6-15-8-12)7-14(19)17-13-9-16-18(3)11(13)2/h9-10,12,15H,4-8H2,1-3H3,(H,17,19). The number of carbonyl (C=O) groups is 1. The molecule has 19 heavy (non-hydrogen) atoms. The number of anilines is 1. The molecule has 0 radical (unpaired) electrons. The quantitative estimate of drug-likeness (QED) is 0.870. The number of rotatable bonds is 4. The van der Waals surface area contributed by atoms with E-state index in [0.717, 1.165) is 24.5 Å². The van der Waals surface area contributed by atoms with Crippen molar-refractivity contribution in [2.24, 2.45) is 18.9 Å². The van der Waals surface area contributed by atoms with Gasteiger partial charge >= 0.3 is 0 Å². The van der Waals surface area contributed by atoms with Crippen LogP contribution in [0.5, 0.6) is 0 Å². The van der Waals surface area contributed by atoms with Crippen LogP contribution in [0.1, 0.15) is 31.9 Å². The lowest BCUT2D eigenvalue weighted by Gasteiger charge is -2.27. The number of nitrogens with zero attached hydrogens (tertiary/aromatic N) is 2. The normalized spacial score (nSPS) is 21.1. The van der Waals surface area contributed by atoms with Crippen LogP contribution in [0, 0.1) is 18.8 Å². The Morgan fingerprint density at radius 1 is 1.68 bits per heavy atom. The van der Waals surface area contributed by atoms with E-state index in [1.165, 1.54) is 12.8 Å². The Morgan fingerprint density at radius 3 is 3.05 bits per heavy atom. The van der Waals surface area contributed by atoms with E-state index in [1.807, 2.05) is 14.0 Å². The lowest BCUT2D eigenvalue weighted by molar-refractivity contribution is -0.117. The number of amides is 1. The molecule has 0 aromatic carbocycles. The first-order valence-electron chi connectivity index (χ1n) is 7.07. The average Bonchev–Trinajstić information content (AvgIpc) is 2.71. The summed E-state index contributed by atoms with van der Waals surface area (Å²) in [5.41, 5.74) is 1.81. The van der Waals surface area contributed by atoms with Gasteiger partial charge in [0.15, 0.2) is 0 Å². The third-order valence-corrected chi connectivity index (χ3v) is 4.16. The second kappa shape index (κ2) is 6.19. The summed E-state index contributed by atoms with van der Waals surface area (Å²) in [5, 5.41) is 10.5. The largest absolute Gasteiger partial charge is 0.323 e. The molecule has 1 amide bonds. The number of hydrogen-bond acceptors (Lipinski definition) is 3. The number of hydrogen-bond donors (Lipinski definition) is 2. The van der Waals surface area contributed by atoms with Gasteiger partial charge in [-0.25, -0.2) is 0 Å². The van der Waals surface area contributed by atoms with Gasteiger partial charge in [0.1, 0.15) is 0 Å². The van der Waals surface area contributed by atoms with E-state index in [9.17, 15) is 4.79 Å². The Bertz CT molecular complexity index is 435. The van der Waals surface area contributed by atoms with Gasteiger partial charge in [0.25, 0.3) is 0 Å². The van der Waals surface area contributed by atoms with Crippen LogP contribution in [0.15, 0.2) is 6.20 Å². The highest BCUT2D eigenvalue weighted by Gasteiger charge is 2.22. The third-order valence-electron chi connectivity index (χ3n) is 4.16. The summed E-state index contributed by atoms with van der Waals surface area (Å²) in [4.78, 5) is 12.1. The van der Waals surface area contributed by atoms with Gasteiger partial charge in [0.05, 0.1) is 17.6 Å². The summed E-state index contributed by atoms with van der Waals surface area (Å²) < 4.78 is 1.77. The van der Waals surface area contributed by atoms with E-state index in [4.69, 9.17) is 0 Å². The highest BCUT2D eigenvalue weighted by Crippen LogP contribution is 2.23. The summed E-state index contributed by atoms with van der Waals surface area (Å²) >= 11 is 0.